The molecule has 0 fully saturated rings. The summed E-state index contributed by atoms with van der Waals surface area (Å²) in [6.45, 7) is 2.41. The molecule has 0 atom stereocenters. The predicted octanol–water partition coefficient (Wildman–Crippen LogP) is 3.41. The monoisotopic (exact) mass is 197 g/mol. The van der Waals surface area contributed by atoms with E-state index in [0.717, 1.165) is 5.56 Å². The van der Waals surface area contributed by atoms with Crippen molar-refractivity contribution in [3.8, 4) is 0 Å². The summed E-state index contributed by atoms with van der Waals surface area (Å²) in [6, 6.07) is 20.2. The lowest BCUT2D eigenvalue weighted by Crippen LogP contribution is -1.91. The van der Waals surface area contributed by atoms with Crippen LogP contribution in [0.1, 0.15) is 11.1 Å². The van der Waals surface area contributed by atoms with E-state index in [1.807, 2.05) is 48.5 Å². The zero-order valence-corrected chi connectivity index (χ0v) is 8.47. The van der Waals surface area contributed by atoms with E-state index < -0.39 is 0 Å². The van der Waals surface area contributed by atoms with Crippen LogP contribution in [0.15, 0.2) is 60.7 Å². The molecule has 0 aliphatic rings. The van der Waals surface area contributed by atoms with Crippen LogP contribution in [0.2, 0.25) is 0 Å². The van der Waals surface area contributed by atoms with Gasteiger partial charge in [0, 0.05) is 0 Å². The van der Waals surface area contributed by atoms with Crippen LogP contribution >= 0.6 is 0 Å². The van der Waals surface area contributed by atoms with E-state index in [9.17, 15) is 0 Å². The molecule has 1 heteroatoms. The number of rotatable bonds is 4. The van der Waals surface area contributed by atoms with Gasteiger partial charge in [-0.3, -0.25) is 0 Å². The molecule has 0 bridgehead atoms. The van der Waals surface area contributed by atoms with Gasteiger partial charge in [-0.25, -0.2) is 0 Å². The van der Waals surface area contributed by atoms with Crippen LogP contribution < -0.4 is 0 Å². The van der Waals surface area contributed by atoms with Crippen molar-refractivity contribution in [3.05, 3.63) is 78.4 Å². The smallest absolute Gasteiger partial charge is 0.113 e. The summed E-state index contributed by atoms with van der Waals surface area (Å²) in [5.41, 5.74) is 2.28. The van der Waals surface area contributed by atoms with Crippen molar-refractivity contribution < 1.29 is 4.74 Å². The van der Waals surface area contributed by atoms with Gasteiger partial charge in [0.25, 0.3) is 0 Å². The van der Waals surface area contributed by atoms with Gasteiger partial charge in [-0.15, -0.1) is 0 Å². The maximum Gasteiger partial charge on any atom is 0.113 e. The van der Waals surface area contributed by atoms with Gasteiger partial charge in [0.05, 0.1) is 6.61 Å². The van der Waals surface area contributed by atoms with Crippen molar-refractivity contribution in [3.63, 3.8) is 0 Å². The molecular formula is C14H13O. The highest BCUT2D eigenvalue weighted by Crippen LogP contribution is 2.06. The van der Waals surface area contributed by atoms with Gasteiger partial charge in [0.2, 0.25) is 0 Å². The molecule has 2 aromatic rings. The second kappa shape index (κ2) is 5.32. The second-order valence-electron chi connectivity index (χ2n) is 3.33. The molecule has 1 nitrogen and oxygen atoms in total. The molecule has 0 aliphatic carbocycles. The fourth-order valence-electron chi connectivity index (χ4n) is 1.34. The molecule has 15 heavy (non-hydrogen) atoms. The van der Waals surface area contributed by atoms with Gasteiger partial charge >= 0.3 is 0 Å². The van der Waals surface area contributed by atoms with Gasteiger partial charge < -0.3 is 4.74 Å². The van der Waals surface area contributed by atoms with E-state index in [1.165, 1.54) is 5.56 Å². The lowest BCUT2D eigenvalue weighted by atomic mass is 10.2. The van der Waals surface area contributed by atoms with Gasteiger partial charge in [-0.2, -0.15) is 0 Å². The summed E-state index contributed by atoms with van der Waals surface area (Å²) in [6.07, 6.45) is 0. The fraction of sp³-hybridized carbons (Fsp3) is 0.0714. The molecule has 2 rings (SSSR count). The first-order chi connectivity index (χ1) is 7.45. The molecule has 0 spiro atoms. The third-order valence-corrected chi connectivity index (χ3v) is 2.11. The molecule has 0 aliphatic heterocycles. The third-order valence-electron chi connectivity index (χ3n) is 2.11. The first kappa shape index (κ1) is 9.94. The van der Waals surface area contributed by atoms with Crippen molar-refractivity contribution in [2.24, 2.45) is 0 Å². The Morgan fingerprint density at radius 1 is 0.800 bits per heavy atom. The average molecular weight is 197 g/mol. The van der Waals surface area contributed by atoms with Gasteiger partial charge in [-0.05, 0) is 11.1 Å². The van der Waals surface area contributed by atoms with E-state index >= 15 is 0 Å². The minimum absolute atomic E-state index is 0.621. The molecule has 2 aromatic carbocycles. The standard InChI is InChI=1S/C14H13O/c1-3-7-13(8-4-1)11-15-12-14-9-5-2-6-10-14/h1-11H,12H2. The SMILES string of the molecule is [CH](OCc1ccccc1)c1ccccc1. The second-order valence-corrected chi connectivity index (χ2v) is 3.33. The zero-order chi connectivity index (χ0) is 10.3. The molecule has 0 saturated carbocycles. The highest BCUT2D eigenvalue weighted by molar-refractivity contribution is 5.20. The number of benzene rings is 2. The fourth-order valence-corrected chi connectivity index (χ4v) is 1.34. The van der Waals surface area contributed by atoms with Gasteiger partial charge in [0.1, 0.15) is 6.61 Å². The van der Waals surface area contributed by atoms with Crippen LogP contribution in [0.5, 0.6) is 0 Å². The third kappa shape index (κ3) is 3.22. The molecule has 0 aromatic heterocycles. The Hall–Kier alpha value is -1.60. The summed E-state index contributed by atoms with van der Waals surface area (Å²) in [4.78, 5) is 0. The molecule has 0 heterocycles. The van der Waals surface area contributed by atoms with Crippen LogP contribution in [0.25, 0.3) is 0 Å². The zero-order valence-electron chi connectivity index (χ0n) is 8.47. The largest absolute Gasteiger partial charge is 0.366 e. The number of hydrogen-bond donors (Lipinski definition) is 0. The van der Waals surface area contributed by atoms with Crippen LogP contribution in [0, 0.1) is 6.61 Å². The Bertz CT molecular complexity index is 341. The van der Waals surface area contributed by atoms with Gasteiger partial charge in [0.15, 0.2) is 0 Å². The summed E-state index contributed by atoms with van der Waals surface area (Å²) < 4.78 is 5.48. The van der Waals surface area contributed by atoms with Crippen LogP contribution in [-0.4, -0.2) is 0 Å². The highest BCUT2D eigenvalue weighted by Gasteiger charge is 1.94. The van der Waals surface area contributed by atoms with Crippen molar-refractivity contribution in [2.45, 2.75) is 6.61 Å². The summed E-state index contributed by atoms with van der Waals surface area (Å²) in [5, 5.41) is 0. The first-order valence-electron chi connectivity index (χ1n) is 4.99. The highest BCUT2D eigenvalue weighted by atomic mass is 16.5. The first-order valence-corrected chi connectivity index (χ1v) is 4.99. The Morgan fingerprint density at radius 3 is 2.07 bits per heavy atom. The molecular weight excluding hydrogens is 184 g/mol. The van der Waals surface area contributed by atoms with Crippen molar-refractivity contribution in [2.75, 3.05) is 0 Å². The van der Waals surface area contributed by atoms with E-state index in [-0.39, 0.29) is 0 Å². The van der Waals surface area contributed by atoms with Crippen molar-refractivity contribution in [1.82, 2.24) is 0 Å². The Kier molecular flexibility index (Phi) is 3.53. The van der Waals surface area contributed by atoms with Crippen molar-refractivity contribution in [1.29, 1.82) is 0 Å². The minimum atomic E-state index is 0.621. The number of ether oxygens (including phenoxy) is 1. The van der Waals surface area contributed by atoms with E-state index in [2.05, 4.69) is 12.1 Å². The molecule has 0 unspecified atom stereocenters. The predicted molar refractivity (Wildman–Crippen MR) is 61.1 cm³/mol. The topological polar surface area (TPSA) is 9.23 Å². The summed E-state index contributed by atoms with van der Waals surface area (Å²) in [7, 11) is 0. The van der Waals surface area contributed by atoms with E-state index in [0.29, 0.717) is 6.61 Å². The Labute approximate surface area is 90.3 Å². The average Bonchev–Trinajstić information content (AvgIpc) is 2.32. The van der Waals surface area contributed by atoms with Crippen LogP contribution in [0.4, 0.5) is 0 Å². The molecule has 0 saturated heterocycles. The van der Waals surface area contributed by atoms with E-state index in [1.54, 1.807) is 6.61 Å². The lowest BCUT2D eigenvalue weighted by molar-refractivity contribution is 0.199. The molecule has 0 amide bonds. The van der Waals surface area contributed by atoms with Crippen LogP contribution in [-0.2, 0) is 11.3 Å². The molecule has 0 N–H and O–H groups in total. The van der Waals surface area contributed by atoms with E-state index in [4.69, 9.17) is 4.74 Å². The van der Waals surface area contributed by atoms with Crippen molar-refractivity contribution >= 4 is 0 Å². The Balaban J connectivity index is 1.81. The number of hydrogen-bond acceptors (Lipinski definition) is 1. The maximum atomic E-state index is 5.48. The quantitative estimate of drug-likeness (QED) is 0.729. The minimum Gasteiger partial charge on any atom is -0.366 e. The lowest BCUT2D eigenvalue weighted by Gasteiger charge is -2.03. The normalized spacial score (nSPS) is 10.1. The van der Waals surface area contributed by atoms with Crippen LogP contribution in [0.3, 0.4) is 0 Å². The maximum absolute atomic E-state index is 5.48. The molecule has 75 valence electrons. The summed E-state index contributed by atoms with van der Waals surface area (Å²) >= 11 is 0. The Morgan fingerprint density at radius 2 is 1.40 bits per heavy atom. The van der Waals surface area contributed by atoms with Gasteiger partial charge in [-0.1, -0.05) is 60.7 Å². The summed E-state index contributed by atoms with van der Waals surface area (Å²) in [5.74, 6) is 0. The molecule has 1 radical (unpaired) electrons.